The Bertz CT molecular complexity index is 856. The van der Waals surface area contributed by atoms with Crippen LogP contribution in [0.15, 0.2) is 30.2 Å². The first-order valence-electron chi connectivity index (χ1n) is 8.71. The lowest BCUT2D eigenvalue weighted by Gasteiger charge is -2.22. The fourth-order valence-electron chi connectivity index (χ4n) is 3.30. The van der Waals surface area contributed by atoms with E-state index in [-0.39, 0.29) is 6.61 Å². The second-order valence-corrected chi connectivity index (χ2v) is 6.55. The molecule has 1 aliphatic rings. The zero-order chi connectivity index (χ0) is 19.4. The summed E-state index contributed by atoms with van der Waals surface area (Å²) in [6.45, 7) is 0.854. The van der Waals surface area contributed by atoms with Crippen LogP contribution in [0.2, 0.25) is 0 Å². The molecule has 0 bridgehead atoms. The van der Waals surface area contributed by atoms with Crippen molar-refractivity contribution in [3.8, 4) is 5.75 Å². The molecule has 27 heavy (non-hydrogen) atoms. The molecule has 0 spiro atoms. The average molecular weight is 379 g/mol. The molecule has 0 saturated heterocycles. The van der Waals surface area contributed by atoms with Crippen molar-refractivity contribution in [1.82, 2.24) is 14.8 Å². The van der Waals surface area contributed by atoms with Gasteiger partial charge in [-0.15, -0.1) is 0 Å². The normalized spacial score (nSPS) is 15.1. The van der Waals surface area contributed by atoms with Gasteiger partial charge in [-0.3, -0.25) is 14.5 Å². The summed E-state index contributed by atoms with van der Waals surface area (Å²) in [7, 11) is 0. The molecule has 0 saturated carbocycles. The molecule has 0 atom stereocenters. The maximum absolute atomic E-state index is 12.8. The topological polar surface area (TPSA) is 57.0 Å². The number of aryl methyl sites for hydroxylation is 1. The SMILES string of the molecule is Cc1cncc(OCC2=C(c3ccnn3CC(F)(F)F)CCCC2)c1C=O. The molecule has 1 aliphatic carbocycles. The van der Waals surface area contributed by atoms with Crippen LogP contribution in [0, 0.1) is 6.92 Å². The molecule has 0 unspecified atom stereocenters. The summed E-state index contributed by atoms with van der Waals surface area (Å²) in [6.07, 6.45) is 4.10. The van der Waals surface area contributed by atoms with Gasteiger partial charge in [0.1, 0.15) is 18.9 Å². The summed E-state index contributed by atoms with van der Waals surface area (Å²) >= 11 is 0. The third-order valence-corrected chi connectivity index (χ3v) is 4.61. The number of hydrogen-bond donors (Lipinski definition) is 0. The first-order valence-corrected chi connectivity index (χ1v) is 8.71. The molecule has 0 N–H and O–H groups in total. The highest BCUT2D eigenvalue weighted by Gasteiger charge is 2.30. The number of allylic oxidation sites excluding steroid dienone is 1. The van der Waals surface area contributed by atoms with Gasteiger partial charge in [-0.25, -0.2) is 0 Å². The Labute approximate surface area is 154 Å². The zero-order valence-electron chi connectivity index (χ0n) is 14.9. The second kappa shape index (κ2) is 7.94. The highest BCUT2D eigenvalue weighted by molar-refractivity contribution is 5.81. The molecule has 2 aromatic rings. The summed E-state index contributed by atoms with van der Waals surface area (Å²) in [5, 5.41) is 3.83. The Balaban J connectivity index is 1.87. The number of ether oxygens (including phenoxy) is 1. The molecule has 8 heteroatoms. The van der Waals surface area contributed by atoms with E-state index in [9.17, 15) is 18.0 Å². The molecular weight excluding hydrogens is 359 g/mol. The number of carbonyl (C=O) groups excluding carboxylic acids is 1. The van der Waals surface area contributed by atoms with Gasteiger partial charge < -0.3 is 4.74 Å². The third kappa shape index (κ3) is 4.56. The van der Waals surface area contributed by atoms with Gasteiger partial charge in [-0.05, 0) is 55.4 Å². The van der Waals surface area contributed by atoms with Crippen LogP contribution in [0.1, 0.15) is 47.3 Å². The molecule has 0 fully saturated rings. The standard InChI is InChI=1S/C19H20F3N3O2/c1-13-8-23-9-18(16(13)10-26)27-11-14-4-2-3-5-15(14)17-6-7-24-25(17)12-19(20,21)22/h6-10H,2-5,11-12H2,1H3. The lowest BCUT2D eigenvalue weighted by molar-refractivity contribution is -0.142. The van der Waals surface area contributed by atoms with Crippen LogP contribution in [-0.4, -0.2) is 33.8 Å². The number of pyridine rings is 1. The van der Waals surface area contributed by atoms with Crippen LogP contribution >= 0.6 is 0 Å². The monoisotopic (exact) mass is 379 g/mol. The van der Waals surface area contributed by atoms with Crippen molar-refractivity contribution >= 4 is 11.9 Å². The highest BCUT2D eigenvalue weighted by Crippen LogP contribution is 2.34. The number of aromatic nitrogens is 3. The van der Waals surface area contributed by atoms with Gasteiger partial charge >= 0.3 is 6.18 Å². The molecule has 0 amide bonds. The van der Waals surface area contributed by atoms with Crippen molar-refractivity contribution in [1.29, 1.82) is 0 Å². The van der Waals surface area contributed by atoms with E-state index in [4.69, 9.17) is 4.74 Å². The summed E-state index contributed by atoms with van der Waals surface area (Å²) in [5.74, 6) is 0.381. The summed E-state index contributed by atoms with van der Waals surface area (Å²) in [6, 6.07) is 1.61. The van der Waals surface area contributed by atoms with Gasteiger partial charge in [0.25, 0.3) is 0 Å². The van der Waals surface area contributed by atoms with Crippen LogP contribution in [0.25, 0.3) is 5.57 Å². The summed E-state index contributed by atoms with van der Waals surface area (Å²) < 4.78 is 45.2. The van der Waals surface area contributed by atoms with Crippen molar-refractivity contribution < 1.29 is 22.7 Å². The molecule has 2 heterocycles. The van der Waals surface area contributed by atoms with Gasteiger partial charge in [0.2, 0.25) is 0 Å². The van der Waals surface area contributed by atoms with Crippen LogP contribution in [0.5, 0.6) is 5.75 Å². The van der Waals surface area contributed by atoms with Gasteiger partial charge in [0.15, 0.2) is 6.29 Å². The predicted molar refractivity (Wildman–Crippen MR) is 93.5 cm³/mol. The average Bonchev–Trinajstić information content (AvgIpc) is 3.06. The lowest BCUT2D eigenvalue weighted by atomic mass is 9.90. The van der Waals surface area contributed by atoms with Crippen LogP contribution < -0.4 is 4.74 Å². The lowest BCUT2D eigenvalue weighted by Crippen LogP contribution is -2.21. The highest BCUT2D eigenvalue weighted by atomic mass is 19.4. The van der Waals surface area contributed by atoms with Crippen LogP contribution in [0.3, 0.4) is 0 Å². The van der Waals surface area contributed by atoms with Crippen molar-refractivity contribution in [2.75, 3.05) is 6.61 Å². The van der Waals surface area contributed by atoms with Gasteiger partial charge in [0, 0.05) is 12.4 Å². The van der Waals surface area contributed by atoms with Crippen molar-refractivity contribution in [2.45, 2.75) is 45.3 Å². The van der Waals surface area contributed by atoms with Crippen molar-refractivity contribution in [3.63, 3.8) is 0 Å². The minimum atomic E-state index is -4.33. The molecule has 0 aliphatic heterocycles. The first-order chi connectivity index (χ1) is 12.9. The van der Waals surface area contributed by atoms with E-state index in [0.717, 1.165) is 41.4 Å². The molecule has 3 rings (SSSR count). The Morgan fingerprint density at radius 3 is 2.78 bits per heavy atom. The van der Waals surface area contributed by atoms with Gasteiger partial charge in [-0.1, -0.05) is 0 Å². The van der Waals surface area contributed by atoms with Crippen molar-refractivity contribution in [2.24, 2.45) is 0 Å². The Morgan fingerprint density at radius 1 is 1.26 bits per heavy atom. The van der Waals surface area contributed by atoms with Gasteiger partial charge in [-0.2, -0.15) is 18.3 Å². The fraction of sp³-hybridized carbons (Fsp3) is 0.421. The zero-order valence-corrected chi connectivity index (χ0v) is 14.9. The number of rotatable bonds is 6. The first kappa shape index (κ1) is 19.1. The van der Waals surface area contributed by atoms with E-state index < -0.39 is 12.7 Å². The largest absolute Gasteiger partial charge is 0.487 e. The fourth-order valence-corrected chi connectivity index (χ4v) is 3.30. The Hall–Kier alpha value is -2.64. The number of alkyl halides is 3. The molecule has 0 radical (unpaired) electrons. The number of carbonyl (C=O) groups is 1. The molecule has 5 nitrogen and oxygen atoms in total. The maximum Gasteiger partial charge on any atom is 0.408 e. The van der Waals surface area contributed by atoms with E-state index in [1.54, 1.807) is 19.2 Å². The van der Waals surface area contributed by atoms with E-state index in [1.807, 2.05) is 0 Å². The molecular formula is C19H20F3N3O2. The number of aldehydes is 1. The smallest absolute Gasteiger partial charge is 0.408 e. The summed E-state index contributed by atoms with van der Waals surface area (Å²) in [4.78, 5) is 15.3. The van der Waals surface area contributed by atoms with E-state index in [2.05, 4.69) is 10.1 Å². The number of hydrogen-bond acceptors (Lipinski definition) is 4. The van der Waals surface area contributed by atoms with Gasteiger partial charge in [0.05, 0.1) is 17.5 Å². The van der Waals surface area contributed by atoms with Crippen LogP contribution in [-0.2, 0) is 6.54 Å². The maximum atomic E-state index is 12.8. The molecule has 0 aromatic carbocycles. The second-order valence-electron chi connectivity index (χ2n) is 6.55. The third-order valence-electron chi connectivity index (χ3n) is 4.61. The number of nitrogens with zero attached hydrogens (tertiary/aromatic N) is 3. The Morgan fingerprint density at radius 2 is 2.04 bits per heavy atom. The van der Waals surface area contributed by atoms with Crippen molar-refractivity contribution in [3.05, 3.63) is 47.1 Å². The van der Waals surface area contributed by atoms with E-state index in [1.165, 1.54) is 12.4 Å². The minimum Gasteiger partial charge on any atom is -0.487 e. The Kier molecular flexibility index (Phi) is 5.62. The molecule has 144 valence electrons. The predicted octanol–water partition coefficient (Wildman–Crippen LogP) is 4.37. The van der Waals surface area contributed by atoms with E-state index in [0.29, 0.717) is 29.0 Å². The van der Waals surface area contributed by atoms with Crippen LogP contribution in [0.4, 0.5) is 13.2 Å². The summed E-state index contributed by atoms with van der Waals surface area (Å²) in [5.41, 5.74) is 3.40. The quantitative estimate of drug-likeness (QED) is 0.700. The number of halogens is 3. The minimum absolute atomic E-state index is 0.207. The molecule has 2 aromatic heterocycles. The van der Waals surface area contributed by atoms with E-state index >= 15 is 0 Å².